The number of para-hydroxylation sites is 1. The summed E-state index contributed by atoms with van der Waals surface area (Å²) in [4.78, 5) is 36.0. The number of fused-ring (bicyclic) bond motifs is 1. The summed E-state index contributed by atoms with van der Waals surface area (Å²) >= 11 is 0. The first-order chi connectivity index (χ1) is 17.9. The van der Waals surface area contributed by atoms with Crippen molar-refractivity contribution in [2.45, 2.75) is 13.0 Å². The Morgan fingerprint density at radius 3 is 2.38 bits per heavy atom. The average molecular weight is 500 g/mol. The van der Waals surface area contributed by atoms with E-state index in [1.165, 1.54) is 26.2 Å². The van der Waals surface area contributed by atoms with Gasteiger partial charge in [0.05, 0.1) is 49.5 Å². The van der Waals surface area contributed by atoms with E-state index in [1.807, 2.05) is 25.1 Å². The van der Waals surface area contributed by atoms with Gasteiger partial charge < -0.3 is 24.3 Å². The summed E-state index contributed by atoms with van der Waals surface area (Å²) in [6.45, 7) is 1.95. The zero-order valence-electron chi connectivity index (χ0n) is 20.7. The topological polar surface area (TPSA) is 114 Å². The Labute approximate surface area is 212 Å². The molecule has 37 heavy (non-hydrogen) atoms. The molecule has 1 amide bonds. The lowest BCUT2D eigenvalue weighted by Gasteiger charge is -2.24. The van der Waals surface area contributed by atoms with Gasteiger partial charge in [0.1, 0.15) is 11.5 Å². The number of carbonyl (C=O) groups excluding carboxylic acids is 2. The zero-order valence-corrected chi connectivity index (χ0v) is 20.7. The first kappa shape index (κ1) is 23.9. The molecule has 0 aliphatic carbocycles. The van der Waals surface area contributed by atoms with Gasteiger partial charge in [-0.1, -0.05) is 24.3 Å². The number of nitrogens with one attached hydrogen (secondary N) is 1. The minimum atomic E-state index is -1.01. The van der Waals surface area contributed by atoms with Crippen molar-refractivity contribution in [2.24, 2.45) is 0 Å². The zero-order chi connectivity index (χ0) is 26.3. The van der Waals surface area contributed by atoms with Crippen LogP contribution in [0.1, 0.15) is 22.7 Å². The van der Waals surface area contributed by atoms with Crippen LogP contribution in [0, 0.1) is 6.92 Å². The van der Waals surface area contributed by atoms with Crippen LogP contribution in [0.4, 0.5) is 5.95 Å². The van der Waals surface area contributed by atoms with E-state index in [4.69, 9.17) is 14.2 Å². The van der Waals surface area contributed by atoms with Crippen molar-refractivity contribution in [3.63, 3.8) is 0 Å². The number of aromatic nitrogens is 2. The van der Waals surface area contributed by atoms with Crippen LogP contribution in [0.5, 0.6) is 17.2 Å². The van der Waals surface area contributed by atoms with Gasteiger partial charge in [-0.15, -0.1) is 0 Å². The van der Waals surface area contributed by atoms with E-state index in [0.717, 1.165) is 5.56 Å². The summed E-state index contributed by atoms with van der Waals surface area (Å²) in [5, 5.41) is 11.4. The largest absolute Gasteiger partial charge is 0.507 e. The van der Waals surface area contributed by atoms with Gasteiger partial charge in [-0.05, 0) is 54.4 Å². The maximum Gasteiger partial charge on any atom is 0.302 e. The molecule has 5 rings (SSSR count). The van der Waals surface area contributed by atoms with Gasteiger partial charge >= 0.3 is 5.91 Å². The highest BCUT2D eigenvalue weighted by atomic mass is 16.5. The number of Topliss-reactive ketones (excluding diaryl/α,β-unsaturated/α-hetero) is 1. The molecule has 2 N–H and O–H groups in total. The van der Waals surface area contributed by atoms with E-state index in [2.05, 4.69) is 9.97 Å². The maximum absolute atomic E-state index is 13.5. The van der Waals surface area contributed by atoms with E-state index in [-0.39, 0.29) is 22.8 Å². The number of carbonyl (C=O) groups is 2. The summed E-state index contributed by atoms with van der Waals surface area (Å²) in [5.74, 6) is -0.606. The van der Waals surface area contributed by atoms with Crippen LogP contribution in [0.15, 0.2) is 66.2 Å². The van der Waals surface area contributed by atoms with Crippen molar-refractivity contribution >= 4 is 34.4 Å². The SMILES string of the molecule is COc1ccc(C2/C(=C(\O)c3ccccc3OC)C(=O)C(=O)N2c2nc3ccc(C)cc3[nH]2)cc1OC. The average Bonchev–Trinajstić information content (AvgIpc) is 3.45. The highest BCUT2D eigenvalue weighted by Crippen LogP contribution is 2.44. The molecular formula is C28H25N3O6. The number of nitrogens with zero attached hydrogens (tertiary/aromatic N) is 2. The number of hydrogen-bond donors (Lipinski definition) is 2. The lowest BCUT2D eigenvalue weighted by atomic mass is 9.94. The summed E-state index contributed by atoms with van der Waals surface area (Å²) < 4.78 is 16.2. The number of ketones is 1. The van der Waals surface area contributed by atoms with Crippen molar-refractivity contribution in [3.05, 3.63) is 82.9 Å². The molecule has 4 aromatic rings. The molecule has 1 saturated heterocycles. The fourth-order valence-electron chi connectivity index (χ4n) is 4.60. The van der Waals surface area contributed by atoms with Crippen LogP contribution in [-0.4, -0.2) is 48.1 Å². The van der Waals surface area contributed by atoms with E-state index >= 15 is 0 Å². The molecule has 1 aromatic heterocycles. The predicted molar refractivity (Wildman–Crippen MR) is 138 cm³/mol. The quantitative estimate of drug-likeness (QED) is 0.228. The first-order valence-electron chi connectivity index (χ1n) is 11.5. The summed E-state index contributed by atoms with van der Waals surface area (Å²) in [6, 6.07) is 16.5. The minimum Gasteiger partial charge on any atom is -0.507 e. The highest BCUT2D eigenvalue weighted by molar-refractivity contribution is 6.51. The monoisotopic (exact) mass is 499 g/mol. The Morgan fingerprint density at radius 1 is 0.919 bits per heavy atom. The lowest BCUT2D eigenvalue weighted by Crippen LogP contribution is -2.30. The van der Waals surface area contributed by atoms with Gasteiger partial charge in [0, 0.05) is 0 Å². The standard InChI is InChI=1S/C28H25N3O6/c1-15-9-11-18-19(13-15)30-28(29-18)31-24(16-10-12-21(36-3)22(14-16)37-4)23(26(33)27(31)34)25(32)17-7-5-6-8-20(17)35-2/h5-14,24,32H,1-4H3,(H,29,30)/b25-23+. The van der Waals surface area contributed by atoms with Crippen molar-refractivity contribution in [1.82, 2.24) is 9.97 Å². The number of benzene rings is 3. The Morgan fingerprint density at radius 2 is 1.65 bits per heavy atom. The van der Waals surface area contributed by atoms with Gasteiger partial charge in [-0.2, -0.15) is 0 Å². The number of hydrogen-bond acceptors (Lipinski definition) is 7. The van der Waals surface area contributed by atoms with E-state index in [1.54, 1.807) is 42.5 Å². The van der Waals surface area contributed by atoms with Crippen molar-refractivity contribution in [1.29, 1.82) is 0 Å². The molecule has 9 heteroatoms. The summed E-state index contributed by atoms with van der Waals surface area (Å²) in [7, 11) is 4.48. The first-order valence-corrected chi connectivity index (χ1v) is 11.5. The Kier molecular flexibility index (Phi) is 6.04. The smallest absolute Gasteiger partial charge is 0.302 e. The number of aromatic amines is 1. The van der Waals surface area contributed by atoms with Crippen LogP contribution in [-0.2, 0) is 9.59 Å². The molecule has 0 radical (unpaired) electrons. The number of anilines is 1. The molecular weight excluding hydrogens is 474 g/mol. The van der Waals surface area contributed by atoms with Gasteiger partial charge in [-0.25, -0.2) is 4.98 Å². The van der Waals surface area contributed by atoms with Crippen LogP contribution >= 0.6 is 0 Å². The molecule has 0 bridgehead atoms. The second-order valence-corrected chi connectivity index (χ2v) is 8.56. The highest BCUT2D eigenvalue weighted by Gasteiger charge is 2.48. The van der Waals surface area contributed by atoms with Crippen LogP contribution in [0.3, 0.4) is 0 Å². The maximum atomic E-state index is 13.5. The molecule has 0 spiro atoms. The van der Waals surface area contributed by atoms with Crippen molar-refractivity contribution in [3.8, 4) is 17.2 Å². The van der Waals surface area contributed by atoms with Crippen LogP contribution in [0.25, 0.3) is 16.8 Å². The number of aliphatic hydroxyl groups is 1. The number of imidazole rings is 1. The number of amides is 1. The van der Waals surface area contributed by atoms with E-state index in [9.17, 15) is 14.7 Å². The van der Waals surface area contributed by atoms with Gasteiger partial charge in [0.15, 0.2) is 11.5 Å². The van der Waals surface area contributed by atoms with Crippen molar-refractivity contribution < 1.29 is 28.9 Å². The summed E-state index contributed by atoms with van der Waals surface area (Å²) in [5.41, 5.74) is 3.07. The molecule has 2 heterocycles. The Balaban J connectivity index is 1.77. The molecule has 1 aliphatic rings. The molecule has 1 aliphatic heterocycles. The molecule has 0 saturated carbocycles. The van der Waals surface area contributed by atoms with Crippen LogP contribution in [0.2, 0.25) is 0 Å². The summed E-state index contributed by atoms with van der Waals surface area (Å²) in [6.07, 6.45) is 0. The third-order valence-corrected chi connectivity index (χ3v) is 6.38. The fraction of sp³-hybridized carbons (Fsp3) is 0.179. The third-order valence-electron chi connectivity index (χ3n) is 6.38. The fourth-order valence-corrected chi connectivity index (χ4v) is 4.60. The molecule has 1 unspecified atom stereocenters. The van der Waals surface area contributed by atoms with Crippen molar-refractivity contribution in [2.75, 3.05) is 26.2 Å². The van der Waals surface area contributed by atoms with Gasteiger partial charge in [0.25, 0.3) is 5.78 Å². The minimum absolute atomic E-state index is 0.0987. The number of ether oxygens (including phenoxy) is 3. The Hall–Kier alpha value is -4.79. The molecule has 3 aromatic carbocycles. The number of H-pyrrole nitrogens is 1. The normalized spacial score (nSPS) is 16.9. The molecule has 1 fully saturated rings. The van der Waals surface area contributed by atoms with Gasteiger partial charge in [-0.3, -0.25) is 14.5 Å². The second kappa shape index (κ2) is 9.34. The number of aliphatic hydroxyl groups excluding tert-OH is 1. The predicted octanol–water partition coefficient (Wildman–Crippen LogP) is 4.52. The molecule has 1 atom stereocenters. The third kappa shape index (κ3) is 3.94. The van der Waals surface area contributed by atoms with Crippen LogP contribution < -0.4 is 19.1 Å². The number of methoxy groups -OCH3 is 3. The second-order valence-electron chi connectivity index (χ2n) is 8.56. The molecule has 9 nitrogen and oxygen atoms in total. The Bertz CT molecular complexity index is 1570. The van der Waals surface area contributed by atoms with E-state index < -0.39 is 17.7 Å². The molecule has 188 valence electrons. The van der Waals surface area contributed by atoms with Gasteiger partial charge in [0.2, 0.25) is 5.95 Å². The number of aryl methyl sites for hydroxylation is 1. The number of rotatable bonds is 6. The van der Waals surface area contributed by atoms with E-state index in [0.29, 0.717) is 33.8 Å². The lowest BCUT2D eigenvalue weighted by molar-refractivity contribution is -0.132.